The highest BCUT2D eigenvalue weighted by molar-refractivity contribution is 6.20. The molecular formula is C43H25N3O. The molecule has 2 aromatic heterocycles. The van der Waals surface area contributed by atoms with E-state index in [0.29, 0.717) is 11.5 Å². The van der Waals surface area contributed by atoms with Crippen LogP contribution in [0.3, 0.4) is 0 Å². The molecule has 0 bridgehead atoms. The van der Waals surface area contributed by atoms with E-state index in [1.165, 1.54) is 11.1 Å². The first-order valence-corrected chi connectivity index (χ1v) is 15.5. The van der Waals surface area contributed by atoms with Crippen molar-refractivity contribution in [3.8, 4) is 44.9 Å². The zero-order valence-electron chi connectivity index (χ0n) is 25.2. The van der Waals surface area contributed by atoms with Crippen LogP contribution in [0.5, 0.6) is 0 Å². The van der Waals surface area contributed by atoms with Crippen LogP contribution in [0, 0.1) is 6.57 Å². The molecule has 0 saturated carbocycles. The van der Waals surface area contributed by atoms with Crippen molar-refractivity contribution in [2.75, 3.05) is 0 Å². The highest BCUT2D eigenvalue weighted by Crippen LogP contribution is 2.42. The number of nitrogens with zero attached hydrogens (tertiary/aromatic N) is 3. The first kappa shape index (κ1) is 26.8. The van der Waals surface area contributed by atoms with Crippen molar-refractivity contribution in [2.24, 2.45) is 0 Å². The van der Waals surface area contributed by atoms with Gasteiger partial charge in [0.05, 0.1) is 23.3 Å². The third-order valence-corrected chi connectivity index (χ3v) is 8.92. The van der Waals surface area contributed by atoms with Crippen LogP contribution in [-0.4, -0.2) is 9.97 Å². The van der Waals surface area contributed by atoms with Crippen molar-refractivity contribution in [2.45, 2.75) is 0 Å². The summed E-state index contributed by atoms with van der Waals surface area (Å²) in [5.74, 6) is 0.620. The SMILES string of the molecule is [C-]#[N+]c1ccc(-c2ccc(-c3nc(-c4cccc5c4oc4c6ccccc6c(-c6ccccc6)cc54)nc4ccccc34)cc2)cc1. The summed E-state index contributed by atoms with van der Waals surface area (Å²) >= 11 is 0. The summed E-state index contributed by atoms with van der Waals surface area (Å²) in [6.45, 7) is 7.24. The van der Waals surface area contributed by atoms with Gasteiger partial charge in [0.15, 0.2) is 11.5 Å². The number of aromatic nitrogens is 2. The van der Waals surface area contributed by atoms with Gasteiger partial charge >= 0.3 is 0 Å². The number of furan rings is 1. The standard InChI is InChI=1S/C43H25N3O/c1-44-31-24-22-28(23-25-31)27-18-20-30(21-19-27)40-35-14-7-8-17-39(35)45-43(46-40)36-16-9-15-34-38-26-37(29-10-3-2-4-11-29)32-12-5-6-13-33(32)42(38)47-41(34)36/h2-26H. The maximum atomic E-state index is 7.24. The van der Waals surface area contributed by atoms with E-state index in [-0.39, 0.29) is 0 Å². The quantitative estimate of drug-likeness (QED) is 0.189. The second-order valence-corrected chi connectivity index (χ2v) is 11.6. The third-order valence-electron chi connectivity index (χ3n) is 8.92. The Morgan fingerprint density at radius 1 is 0.447 bits per heavy atom. The average Bonchev–Trinajstić information content (AvgIpc) is 3.54. The van der Waals surface area contributed by atoms with E-state index in [4.69, 9.17) is 21.0 Å². The molecule has 0 radical (unpaired) electrons. The Hall–Kier alpha value is -6.57. The Morgan fingerprint density at radius 3 is 1.83 bits per heavy atom. The van der Waals surface area contributed by atoms with Gasteiger partial charge < -0.3 is 4.42 Å². The number of hydrogen-bond acceptors (Lipinski definition) is 3. The molecule has 0 spiro atoms. The van der Waals surface area contributed by atoms with Crippen molar-refractivity contribution in [3.63, 3.8) is 0 Å². The Labute approximate surface area is 271 Å². The molecule has 9 aromatic rings. The van der Waals surface area contributed by atoms with Gasteiger partial charge in [-0.15, -0.1) is 0 Å². The molecule has 0 atom stereocenters. The molecule has 0 aliphatic rings. The molecule has 7 aromatic carbocycles. The number of para-hydroxylation sites is 2. The van der Waals surface area contributed by atoms with E-state index in [1.807, 2.05) is 48.5 Å². The van der Waals surface area contributed by atoms with Crippen LogP contribution in [0.25, 0.3) is 93.4 Å². The van der Waals surface area contributed by atoms with Gasteiger partial charge in [-0.3, -0.25) is 0 Å². The largest absolute Gasteiger partial charge is 0.455 e. The number of rotatable bonds is 4. The third kappa shape index (κ3) is 4.45. The number of hydrogen-bond donors (Lipinski definition) is 0. The predicted molar refractivity (Wildman–Crippen MR) is 192 cm³/mol. The zero-order chi connectivity index (χ0) is 31.3. The molecule has 0 fully saturated rings. The van der Waals surface area contributed by atoms with Crippen LogP contribution in [0.15, 0.2) is 156 Å². The van der Waals surface area contributed by atoms with E-state index < -0.39 is 0 Å². The molecule has 9 rings (SSSR count). The van der Waals surface area contributed by atoms with E-state index in [0.717, 1.165) is 71.6 Å². The maximum Gasteiger partial charge on any atom is 0.187 e. The highest BCUT2D eigenvalue weighted by atomic mass is 16.3. The summed E-state index contributed by atoms with van der Waals surface area (Å²) in [6, 6.07) is 51.7. The van der Waals surface area contributed by atoms with Crippen LogP contribution in [-0.2, 0) is 0 Å². The molecule has 2 heterocycles. The molecule has 4 nitrogen and oxygen atoms in total. The van der Waals surface area contributed by atoms with Gasteiger partial charge in [0.25, 0.3) is 0 Å². The highest BCUT2D eigenvalue weighted by Gasteiger charge is 2.19. The van der Waals surface area contributed by atoms with Gasteiger partial charge in [-0.2, -0.15) is 0 Å². The van der Waals surface area contributed by atoms with Gasteiger partial charge in [-0.25, -0.2) is 14.8 Å². The van der Waals surface area contributed by atoms with Crippen molar-refractivity contribution in [3.05, 3.63) is 163 Å². The summed E-state index contributed by atoms with van der Waals surface area (Å²) < 4.78 is 6.78. The van der Waals surface area contributed by atoms with Crippen LogP contribution in [0.1, 0.15) is 0 Å². The second-order valence-electron chi connectivity index (χ2n) is 11.6. The number of benzene rings is 7. The summed E-state index contributed by atoms with van der Waals surface area (Å²) in [5, 5.41) is 5.32. The normalized spacial score (nSPS) is 11.4. The lowest BCUT2D eigenvalue weighted by Gasteiger charge is -2.10. The van der Waals surface area contributed by atoms with E-state index in [9.17, 15) is 0 Å². The Morgan fingerprint density at radius 2 is 1.06 bits per heavy atom. The Balaban J connectivity index is 1.23. The van der Waals surface area contributed by atoms with Gasteiger partial charge in [-0.05, 0) is 45.8 Å². The zero-order valence-corrected chi connectivity index (χ0v) is 25.2. The van der Waals surface area contributed by atoms with Crippen molar-refractivity contribution >= 4 is 49.3 Å². The summed E-state index contributed by atoms with van der Waals surface area (Å²) in [4.78, 5) is 13.8. The van der Waals surface area contributed by atoms with Crippen LogP contribution in [0.4, 0.5) is 5.69 Å². The molecule has 47 heavy (non-hydrogen) atoms. The lowest BCUT2D eigenvalue weighted by Crippen LogP contribution is -1.95. The first-order chi connectivity index (χ1) is 23.2. The summed E-state index contributed by atoms with van der Waals surface area (Å²) in [6.07, 6.45) is 0. The monoisotopic (exact) mass is 599 g/mol. The van der Waals surface area contributed by atoms with E-state index in [1.54, 1.807) is 0 Å². The fraction of sp³-hybridized carbons (Fsp3) is 0. The first-order valence-electron chi connectivity index (χ1n) is 15.5. The van der Waals surface area contributed by atoms with Crippen LogP contribution in [0.2, 0.25) is 0 Å². The van der Waals surface area contributed by atoms with Gasteiger partial charge in [0.2, 0.25) is 0 Å². The van der Waals surface area contributed by atoms with Crippen LogP contribution >= 0.6 is 0 Å². The predicted octanol–water partition coefficient (Wildman–Crippen LogP) is 11.9. The molecule has 0 unspecified atom stereocenters. The fourth-order valence-electron chi connectivity index (χ4n) is 6.62. The van der Waals surface area contributed by atoms with Crippen molar-refractivity contribution in [1.82, 2.24) is 9.97 Å². The molecule has 218 valence electrons. The van der Waals surface area contributed by atoms with Gasteiger partial charge in [0, 0.05) is 27.1 Å². The van der Waals surface area contributed by atoms with E-state index in [2.05, 4.69) is 108 Å². The molecule has 4 heteroatoms. The summed E-state index contributed by atoms with van der Waals surface area (Å²) in [7, 11) is 0. The lowest BCUT2D eigenvalue weighted by molar-refractivity contribution is 0.673. The maximum absolute atomic E-state index is 7.24. The van der Waals surface area contributed by atoms with E-state index >= 15 is 0 Å². The fourth-order valence-corrected chi connectivity index (χ4v) is 6.62. The Kier molecular flexibility index (Phi) is 6.16. The molecule has 0 N–H and O–H groups in total. The minimum Gasteiger partial charge on any atom is -0.455 e. The smallest absolute Gasteiger partial charge is 0.187 e. The Bertz CT molecular complexity index is 2670. The molecule has 0 aliphatic heterocycles. The lowest BCUT2D eigenvalue weighted by atomic mass is 9.95. The minimum atomic E-state index is 0.620. The second kappa shape index (κ2) is 10.8. The molecule has 0 aliphatic carbocycles. The van der Waals surface area contributed by atoms with Gasteiger partial charge in [0.1, 0.15) is 11.2 Å². The molecule has 0 saturated heterocycles. The van der Waals surface area contributed by atoms with Crippen molar-refractivity contribution in [1.29, 1.82) is 0 Å². The van der Waals surface area contributed by atoms with Crippen LogP contribution < -0.4 is 0 Å². The van der Waals surface area contributed by atoms with Crippen molar-refractivity contribution < 1.29 is 4.42 Å². The van der Waals surface area contributed by atoms with Gasteiger partial charge in [-0.1, -0.05) is 133 Å². The number of fused-ring (bicyclic) bond motifs is 6. The molecular weight excluding hydrogens is 574 g/mol. The summed E-state index contributed by atoms with van der Waals surface area (Å²) in [5.41, 5.74) is 10.4. The topological polar surface area (TPSA) is 43.3 Å². The molecule has 0 amide bonds. The minimum absolute atomic E-state index is 0.620. The average molecular weight is 600 g/mol.